The molecule has 0 radical (unpaired) electrons. The van der Waals surface area contributed by atoms with E-state index in [2.05, 4.69) is 5.43 Å². The zero-order valence-corrected chi connectivity index (χ0v) is 14.9. The van der Waals surface area contributed by atoms with Crippen LogP contribution >= 0.6 is 0 Å². The molecule has 1 N–H and O–H groups in total. The van der Waals surface area contributed by atoms with Crippen LogP contribution in [0.1, 0.15) is 49.7 Å². The van der Waals surface area contributed by atoms with Crippen LogP contribution in [0.25, 0.3) is 0 Å². The Balaban J connectivity index is 1.80. The highest BCUT2D eigenvalue weighted by molar-refractivity contribution is 5.98. The molecule has 3 heterocycles. The number of hydrazine groups is 1. The third-order valence-electron chi connectivity index (χ3n) is 4.48. The number of hydrogen-bond donors (Lipinski definition) is 1. The lowest BCUT2D eigenvalue weighted by atomic mass is 9.94. The average Bonchev–Trinajstić information content (AvgIpc) is 3.17. The topological polar surface area (TPSA) is 92.1 Å². The van der Waals surface area contributed by atoms with Crippen LogP contribution in [0.15, 0.2) is 16.7 Å². The van der Waals surface area contributed by atoms with Crippen molar-refractivity contribution in [2.45, 2.75) is 51.7 Å². The number of amides is 3. The maximum atomic E-state index is 12.9. The van der Waals surface area contributed by atoms with Crippen LogP contribution in [0.5, 0.6) is 0 Å². The van der Waals surface area contributed by atoms with Gasteiger partial charge in [-0.2, -0.15) is 0 Å². The third-order valence-corrected chi connectivity index (χ3v) is 4.48. The normalized spacial score (nSPS) is 23.3. The van der Waals surface area contributed by atoms with E-state index in [4.69, 9.17) is 9.15 Å². The van der Waals surface area contributed by atoms with Gasteiger partial charge in [-0.15, -0.1) is 0 Å². The highest BCUT2D eigenvalue weighted by Crippen LogP contribution is 2.36. The van der Waals surface area contributed by atoms with Gasteiger partial charge in [-0.3, -0.25) is 15.0 Å². The number of ether oxygens (including phenoxy) is 1. The van der Waals surface area contributed by atoms with Gasteiger partial charge in [0.25, 0.3) is 5.91 Å². The van der Waals surface area contributed by atoms with Crippen LogP contribution < -0.4 is 5.43 Å². The number of hydrogen-bond acceptors (Lipinski definition) is 5. The molecule has 3 amide bonds. The van der Waals surface area contributed by atoms with Crippen molar-refractivity contribution >= 4 is 17.9 Å². The number of nitrogens with zero attached hydrogens (tertiary/aromatic N) is 2. The molecule has 2 aliphatic heterocycles. The van der Waals surface area contributed by atoms with Gasteiger partial charge in [0.2, 0.25) is 5.91 Å². The summed E-state index contributed by atoms with van der Waals surface area (Å²) in [5.41, 5.74) is 1.68. The molecule has 1 spiro atoms. The molecule has 0 aromatic carbocycles. The van der Waals surface area contributed by atoms with E-state index < -0.39 is 17.2 Å². The second-order valence-electron chi connectivity index (χ2n) is 7.62. The van der Waals surface area contributed by atoms with Gasteiger partial charge in [0, 0.05) is 13.1 Å². The highest BCUT2D eigenvalue weighted by atomic mass is 16.6. The molecule has 0 aliphatic carbocycles. The summed E-state index contributed by atoms with van der Waals surface area (Å²) in [7, 11) is 0. The Morgan fingerprint density at radius 3 is 2.68 bits per heavy atom. The first-order valence-electron chi connectivity index (χ1n) is 8.27. The molecular formula is C17H23N3O5. The monoisotopic (exact) mass is 349 g/mol. The van der Waals surface area contributed by atoms with E-state index in [9.17, 15) is 14.4 Å². The summed E-state index contributed by atoms with van der Waals surface area (Å²) >= 11 is 0. The van der Waals surface area contributed by atoms with E-state index in [-0.39, 0.29) is 24.8 Å². The minimum absolute atomic E-state index is 0.162. The fourth-order valence-corrected chi connectivity index (χ4v) is 3.32. The quantitative estimate of drug-likeness (QED) is 0.835. The summed E-state index contributed by atoms with van der Waals surface area (Å²) in [6.45, 7) is 7.78. The smallest absolute Gasteiger partial charge is 0.410 e. The number of nitrogens with one attached hydrogen (secondary N) is 1. The van der Waals surface area contributed by atoms with E-state index in [0.29, 0.717) is 24.3 Å². The minimum atomic E-state index is -0.755. The maximum Gasteiger partial charge on any atom is 0.410 e. The Kier molecular flexibility index (Phi) is 4.01. The Morgan fingerprint density at radius 1 is 1.36 bits per heavy atom. The predicted molar refractivity (Wildman–Crippen MR) is 87.5 cm³/mol. The predicted octanol–water partition coefficient (Wildman–Crippen LogP) is 1.84. The third kappa shape index (κ3) is 3.20. The molecular weight excluding hydrogens is 326 g/mol. The van der Waals surface area contributed by atoms with Crippen molar-refractivity contribution in [2.24, 2.45) is 0 Å². The second-order valence-corrected chi connectivity index (χ2v) is 7.62. The van der Waals surface area contributed by atoms with Crippen molar-refractivity contribution in [3.63, 3.8) is 0 Å². The Morgan fingerprint density at radius 2 is 2.08 bits per heavy atom. The Hall–Kier alpha value is -2.51. The molecule has 3 rings (SSSR count). The number of carbonyl (C=O) groups is 3. The molecule has 2 fully saturated rings. The van der Waals surface area contributed by atoms with Gasteiger partial charge in [0.1, 0.15) is 11.4 Å². The Bertz CT molecular complexity index is 720. The number of furan rings is 1. The number of aryl methyl sites for hydroxylation is 1. The van der Waals surface area contributed by atoms with E-state index in [1.165, 1.54) is 11.3 Å². The number of rotatable bonds is 1. The summed E-state index contributed by atoms with van der Waals surface area (Å²) in [6.07, 6.45) is 1.67. The second kappa shape index (κ2) is 5.79. The van der Waals surface area contributed by atoms with Crippen molar-refractivity contribution in [1.82, 2.24) is 15.3 Å². The zero-order chi connectivity index (χ0) is 18.4. The molecule has 8 nitrogen and oxygen atoms in total. The lowest BCUT2D eigenvalue weighted by molar-refractivity contribution is -0.120. The van der Waals surface area contributed by atoms with Gasteiger partial charge in [0.05, 0.1) is 23.8 Å². The molecule has 25 heavy (non-hydrogen) atoms. The molecule has 2 aliphatic rings. The standard InChI is InChI=1S/C17H23N3O5/c1-11-12(5-8-24-11)14(22)20-17(9-13(21)18-20)6-7-19(10-17)15(23)25-16(2,3)4/h5,8H,6-7,9-10H2,1-4H3,(H,18,21). The van der Waals surface area contributed by atoms with Crippen molar-refractivity contribution in [3.8, 4) is 0 Å². The molecule has 1 atom stereocenters. The largest absolute Gasteiger partial charge is 0.469 e. The number of likely N-dealkylation sites (tertiary alicyclic amines) is 1. The van der Waals surface area contributed by atoms with E-state index in [0.717, 1.165) is 0 Å². The molecule has 1 aromatic rings. The van der Waals surface area contributed by atoms with Gasteiger partial charge >= 0.3 is 6.09 Å². The summed E-state index contributed by atoms with van der Waals surface area (Å²) in [4.78, 5) is 38.7. The molecule has 0 saturated carbocycles. The first kappa shape index (κ1) is 17.3. The van der Waals surface area contributed by atoms with E-state index >= 15 is 0 Å². The lowest BCUT2D eigenvalue weighted by Crippen LogP contribution is -2.53. The SMILES string of the molecule is Cc1occc1C(=O)N1NC(=O)CC12CCN(C(=O)OC(C)(C)C)C2. The lowest BCUT2D eigenvalue weighted by Gasteiger charge is -2.33. The molecule has 1 aromatic heterocycles. The molecule has 136 valence electrons. The van der Waals surface area contributed by atoms with Crippen molar-refractivity contribution in [3.05, 3.63) is 23.7 Å². The van der Waals surface area contributed by atoms with Crippen molar-refractivity contribution in [2.75, 3.05) is 13.1 Å². The van der Waals surface area contributed by atoms with Gasteiger partial charge in [0.15, 0.2) is 0 Å². The van der Waals surface area contributed by atoms with Crippen LogP contribution in [0.3, 0.4) is 0 Å². The van der Waals surface area contributed by atoms with Gasteiger partial charge < -0.3 is 14.1 Å². The molecule has 0 bridgehead atoms. The van der Waals surface area contributed by atoms with Gasteiger partial charge in [-0.05, 0) is 40.2 Å². The van der Waals surface area contributed by atoms with E-state index in [1.54, 1.807) is 38.7 Å². The summed E-state index contributed by atoms with van der Waals surface area (Å²) in [6, 6.07) is 1.58. The first-order valence-corrected chi connectivity index (χ1v) is 8.27. The highest BCUT2D eigenvalue weighted by Gasteiger charge is 2.53. The van der Waals surface area contributed by atoms with Crippen molar-refractivity contribution < 1.29 is 23.5 Å². The minimum Gasteiger partial charge on any atom is -0.469 e. The summed E-state index contributed by atoms with van der Waals surface area (Å²) in [5, 5.41) is 1.36. The Labute approximate surface area is 146 Å². The fraction of sp³-hybridized carbons (Fsp3) is 0.588. The zero-order valence-electron chi connectivity index (χ0n) is 14.9. The van der Waals surface area contributed by atoms with Gasteiger partial charge in [-0.25, -0.2) is 9.80 Å². The van der Waals surface area contributed by atoms with Crippen LogP contribution in [0.2, 0.25) is 0 Å². The van der Waals surface area contributed by atoms with E-state index in [1.807, 2.05) is 0 Å². The van der Waals surface area contributed by atoms with Crippen LogP contribution in [0, 0.1) is 6.92 Å². The van der Waals surface area contributed by atoms with Crippen LogP contribution in [-0.4, -0.2) is 52.0 Å². The summed E-state index contributed by atoms with van der Waals surface area (Å²) in [5.74, 6) is -0.0769. The molecule has 1 unspecified atom stereocenters. The maximum absolute atomic E-state index is 12.9. The average molecular weight is 349 g/mol. The fourth-order valence-electron chi connectivity index (χ4n) is 3.32. The summed E-state index contributed by atoms with van der Waals surface area (Å²) < 4.78 is 10.6. The molecule has 8 heteroatoms. The number of carbonyl (C=O) groups excluding carboxylic acids is 3. The van der Waals surface area contributed by atoms with Crippen LogP contribution in [0.4, 0.5) is 4.79 Å². The van der Waals surface area contributed by atoms with Crippen LogP contribution in [-0.2, 0) is 9.53 Å². The molecule has 2 saturated heterocycles. The first-order chi connectivity index (χ1) is 11.6. The van der Waals surface area contributed by atoms with Gasteiger partial charge in [-0.1, -0.05) is 0 Å². The van der Waals surface area contributed by atoms with Crippen molar-refractivity contribution in [1.29, 1.82) is 0 Å².